The molecule has 0 aromatic carbocycles. The van der Waals surface area contributed by atoms with Crippen molar-refractivity contribution in [1.29, 1.82) is 0 Å². The molecule has 18 heavy (non-hydrogen) atoms. The summed E-state index contributed by atoms with van der Waals surface area (Å²) in [5, 5.41) is 3.31. The second-order valence-electron chi connectivity index (χ2n) is 5.70. The van der Waals surface area contributed by atoms with Gasteiger partial charge in [0.05, 0.1) is 5.69 Å². The predicted molar refractivity (Wildman–Crippen MR) is 70.2 cm³/mol. The van der Waals surface area contributed by atoms with E-state index in [2.05, 4.69) is 23.7 Å². The number of carbonyl (C=O) groups is 1. The molecule has 0 bridgehead atoms. The van der Waals surface area contributed by atoms with Gasteiger partial charge in [-0.15, -0.1) is 0 Å². The van der Waals surface area contributed by atoms with E-state index in [0.717, 1.165) is 36.7 Å². The van der Waals surface area contributed by atoms with Gasteiger partial charge in [0, 0.05) is 31.1 Å². The van der Waals surface area contributed by atoms with Crippen molar-refractivity contribution in [2.24, 2.45) is 5.73 Å². The molecule has 0 atom stereocenters. The topological polar surface area (TPSA) is 72.9 Å². The Balaban J connectivity index is 2.63. The van der Waals surface area contributed by atoms with Gasteiger partial charge in [-0.25, -0.2) is 4.98 Å². The number of fused-ring (bicyclic) bond motifs is 1. The van der Waals surface area contributed by atoms with E-state index in [-0.39, 0.29) is 11.8 Å². The molecule has 0 unspecified atom stereocenters. The minimum absolute atomic E-state index is 0.272. The molecular formula is C13H22N4O. The summed E-state index contributed by atoms with van der Waals surface area (Å²) in [5.41, 5.74) is 7.04. The molecule has 2 heterocycles. The van der Waals surface area contributed by atoms with Crippen LogP contribution in [0.2, 0.25) is 0 Å². The van der Waals surface area contributed by atoms with Crippen molar-refractivity contribution in [1.82, 2.24) is 14.9 Å². The highest BCUT2D eigenvalue weighted by atomic mass is 16.1. The molecule has 1 aromatic rings. The lowest BCUT2D eigenvalue weighted by atomic mass is 10.0. The first-order chi connectivity index (χ1) is 8.35. The first-order valence-corrected chi connectivity index (χ1v) is 6.47. The van der Waals surface area contributed by atoms with E-state index < -0.39 is 5.54 Å². The van der Waals surface area contributed by atoms with Gasteiger partial charge in [0.25, 0.3) is 0 Å². The summed E-state index contributed by atoms with van der Waals surface area (Å²) < 4.78 is 2.05. The SMILES string of the molecule is CC(C)c1nc2c(n1C(C)(C)C(N)=O)CCNC2. The van der Waals surface area contributed by atoms with Crippen molar-refractivity contribution in [2.75, 3.05) is 6.54 Å². The van der Waals surface area contributed by atoms with Gasteiger partial charge in [-0.2, -0.15) is 0 Å². The fraction of sp³-hybridized carbons (Fsp3) is 0.692. The Hall–Kier alpha value is -1.36. The average Bonchev–Trinajstić information content (AvgIpc) is 2.68. The molecule has 0 fully saturated rings. The summed E-state index contributed by atoms with van der Waals surface area (Å²) in [6, 6.07) is 0. The number of rotatable bonds is 3. The summed E-state index contributed by atoms with van der Waals surface area (Å²) >= 11 is 0. The number of hydrogen-bond acceptors (Lipinski definition) is 3. The zero-order valence-corrected chi connectivity index (χ0v) is 11.6. The van der Waals surface area contributed by atoms with Crippen LogP contribution >= 0.6 is 0 Å². The third-order valence-electron chi connectivity index (χ3n) is 3.59. The molecular weight excluding hydrogens is 228 g/mol. The number of primary amides is 1. The monoisotopic (exact) mass is 250 g/mol. The van der Waals surface area contributed by atoms with Gasteiger partial charge in [0.1, 0.15) is 11.4 Å². The number of carbonyl (C=O) groups excluding carboxylic acids is 1. The molecule has 2 rings (SSSR count). The summed E-state index contributed by atoms with van der Waals surface area (Å²) in [6.45, 7) is 9.61. The highest BCUT2D eigenvalue weighted by Crippen LogP contribution is 2.28. The number of nitrogens with two attached hydrogens (primary N) is 1. The van der Waals surface area contributed by atoms with Crippen LogP contribution in [0.4, 0.5) is 0 Å². The van der Waals surface area contributed by atoms with Crippen molar-refractivity contribution in [2.45, 2.75) is 52.1 Å². The van der Waals surface area contributed by atoms with Crippen LogP contribution in [-0.2, 0) is 23.3 Å². The van der Waals surface area contributed by atoms with E-state index in [1.165, 1.54) is 0 Å². The zero-order chi connectivity index (χ0) is 13.5. The van der Waals surface area contributed by atoms with Crippen LogP contribution < -0.4 is 11.1 Å². The molecule has 0 saturated heterocycles. The van der Waals surface area contributed by atoms with E-state index in [9.17, 15) is 4.79 Å². The van der Waals surface area contributed by atoms with Crippen molar-refractivity contribution < 1.29 is 4.79 Å². The Morgan fingerprint density at radius 2 is 2.17 bits per heavy atom. The lowest BCUT2D eigenvalue weighted by molar-refractivity contribution is -0.125. The van der Waals surface area contributed by atoms with Crippen LogP contribution in [0.3, 0.4) is 0 Å². The Bertz CT molecular complexity index is 474. The molecule has 1 aliphatic rings. The highest BCUT2D eigenvalue weighted by Gasteiger charge is 2.34. The molecule has 5 heteroatoms. The van der Waals surface area contributed by atoms with E-state index in [0.29, 0.717) is 0 Å². The van der Waals surface area contributed by atoms with Crippen LogP contribution in [0, 0.1) is 0 Å². The van der Waals surface area contributed by atoms with Crippen molar-refractivity contribution in [3.05, 3.63) is 17.2 Å². The predicted octanol–water partition coefficient (Wildman–Crippen LogP) is 0.873. The maximum absolute atomic E-state index is 11.7. The lowest BCUT2D eigenvalue weighted by Crippen LogP contribution is -2.43. The van der Waals surface area contributed by atoms with Gasteiger partial charge < -0.3 is 15.6 Å². The first kappa shape index (κ1) is 13.1. The summed E-state index contributed by atoms with van der Waals surface area (Å²) in [7, 11) is 0. The summed E-state index contributed by atoms with van der Waals surface area (Å²) in [5.74, 6) is 0.907. The maximum Gasteiger partial charge on any atom is 0.243 e. The molecule has 0 spiro atoms. The van der Waals surface area contributed by atoms with Gasteiger partial charge in [0.15, 0.2) is 0 Å². The quantitative estimate of drug-likeness (QED) is 0.836. The normalized spacial score (nSPS) is 15.8. The lowest BCUT2D eigenvalue weighted by Gasteiger charge is -2.29. The molecule has 100 valence electrons. The minimum Gasteiger partial charge on any atom is -0.368 e. The summed E-state index contributed by atoms with van der Waals surface area (Å²) in [6.07, 6.45) is 0.895. The fourth-order valence-electron chi connectivity index (χ4n) is 2.45. The third-order valence-corrected chi connectivity index (χ3v) is 3.59. The Morgan fingerprint density at radius 1 is 1.50 bits per heavy atom. The molecule has 1 aromatic heterocycles. The number of hydrogen-bond donors (Lipinski definition) is 2. The van der Waals surface area contributed by atoms with E-state index in [1.807, 2.05) is 13.8 Å². The first-order valence-electron chi connectivity index (χ1n) is 6.47. The van der Waals surface area contributed by atoms with Crippen LogP contribution in [-0.4, -0.2) is 22.0 Å². The smallest absolute Gasteiger partial charge is 0.243 e. The number of imidazole rings is 1. The standard InChI is InChI=1S/C13H22N4O/c1-8(2)11-16-9-7-15-6-5-10(9)17(11)13(3,4)12(14)18/h8,15H,5-7H2,1-4H3,(H2,14,18). The molecule has 0 saturated carbocycles. The van der Waals surface area contributed by atoms with Crippen LogP contribution in [0.25, 0.3) is 0 Å². The van der Waals surface area contributed by atoms with E-state index >= 15 is 0 Å². The number of nitrogens with one attached hydrogen (secondary N) is 1. The largest absolute Gasteiger partial charge is 0.368 e. The van der Waals surface area contributed by atoms with Crippen LogP contribution in [0.1, 0.15) is 50.8 Å². The van der Waals surface area contributed by atoms with Crippen molar-refractivity contribution in [3.63, 3.8) is 0 Å². The second kappa shape index (κ2) is 4.39. The fourth-order valence-corrected chi connectivity index (χ4v) is 2.45. The third kappa shape index (κ3) is 1.92. The molecule has 0 radical (unpaired) electrons. The van der Waals surface area contributed by atoms with E-state index in [4.69, 9.17) is 10.7 Å². The Labute approximate surface area is 108 Å². The minimum atomic E-state index is -0.725. The van der Waals surface area contributed by atoms with Crippen molar-refractivity contribution in [3.8, 4) is 0 Å². The molecule has 1 aliphatic heterocycles. The zero-order valence-electron chi connectivity index (χ0n) is 11.6. The van der Waals surface area contributed by atoms with Gasteiger partial charge in [-0.3, -0.25) is 4.79 Å². The molecule has 0 aliphatic carbocycles. The molecule has 5 nitrogen and oxygen atoms in total. The number of aromatic nitrogens is 2. The maximum atomic E-state index is 11.7. The van der Waals surface area contributed by atoms with Crippen LogP contribution in [0.15, 0.2) is 0 Å². The summed E-state index contributed by atoms with van der Waals surface area (Å²) in [4.78, 5) is 16.4. The second-order valence-corrected chi connectivity index (χ2v) is 5.70. The van der Waals surface area contributed by atoms with Gasteiger partial charge >= 0.3 is 0 Å². The van der Waals surface area contributed by atoms with Crippen molar-refractivity contribution >= 4 is 5.91 Å². The van der Waals surface area contributed by atoms with Gasteiger partial charge in [-0.05, 0) is 13.8 Å². The highest BCUT2D eigenvalue weighted by molar-refractivity contribution is 5.82. The van der Waals surface area contributed by atoms with Crippen LogP contribution in [0.5, 0.6) is 0 Å². The Kier molecular flexibility index (Phi) is 3.19. The van der Waals surface area contributed by atoms with Gasteiger partial charge in [-0.1, -0.05) is 13.8 Å². The molecule has 1 amide bonds. The number of nitrogens with zero attached hydrogens (tertiary/aromatic N) is 2. The number of amides is 1. The van der Waals surface area contributed by atoms with Gasteiger partial charge in [0.2, 0.25) is 5.91 Å². The van der Waals surface area contributed by atoms with E-state index in [1.54, 1.807) is 0 Å². The Morgan fingerprint density at radius 3 is 2.72 bits per heavy atom. The molecule has 3 N–H and O–H groups in total. The average molecular weight is 250 g/mol.